The Kier molecular flexibility index (Phi) is 7.21. The number of rotatable bonds is 6. The Morgan fingerprint density at radius 3 is 2.29 bits per heavy atom. The third-order valence-electron chi connectivity index (χ3n) is 6.29. The summed E-state index contributed by atoms with van der Waals surface area (Å²) >= 11 is 0. The van der Waals surface area contributed by atoms with Gasteiger partial charge in [0, 0.05) is 30.0 Å². The van der Waals surface area contributed by atoms with Crippen molar-refractivity contribution in [1.29, 1.82) is 0 Å². The average Bonchev–Trinajstić information content (AvgIpc) is 2.86. The van der Waals surface area contributed by atoms with Crippen LogP contribution in [0.4, 0.5) is 11.4 Å². The Balaban J connectivity index is 1.41. The van der Waals surface area contributed by atoms with Crippen LogP contribution >= 0.6 is 0 Å². The van der Waals surface area contributed by atoms with E-state index in [2.05, 4.69) is 10.0 Å². The van der Waals surface area contributed by atoms with E-state index in [0.717, 1.165) is 23.2 Å². The SMILES string of the molecule is Cc1ccc(NS(=O)(=O)c2ccc(C(=O)N3CCC[C@H](C(=O)Nc4ccccc4)C3)cc2)cc1C. The molecule has 0 unspecified atom stereocenters. The first-order valence-electron chi connectivity index (χ1n) is 11.6. The van der Waals surface area contributed by atoms with Gasteiger partial charge in [0.05, 0.1) is 10.8 Å². The van der Waals surface area contributed by atoms with Crippen LogP contribution in [0.3, 0.4) is 0 Å². The molecule has 2 amide bonds. The summed E-state index contributed by atoms with van der Waals surface area (Å²) in [6.07, 6.45) is 1.44. The molecule has 0 aliphatic carbocycles. The van der Waals surface area contributed by atoms with Crippen molar-refractivity contribution < 1.29 is 18.0 Å². The van der Waals surface area contributed by atoms with Crippen molar-refractivity contribution in [2.75, 3.05) is 23.1 Å². The fourth-order valence-electron chi connectivity index (χ4n) is 4.12. The highest BCUT2D eigenvalue weighted by Crippen LogP contribution is 2.23. The molecule has 1 saturated heterocycles. The van der Waals surface area contributed by atoms with Crippen LogP contribution in [0.15, 0.2) is 77.7 Å². The van der Waals surface area contributed by atoms with Crippen molar-refractivity contribution in [1.82, 2.24) is 4.90 Å². The van der Waals surface area contributed by atoms with E-state index < -0.39 is 10.0 Å². The number of carbonyl (C=O) groups is 2. The third-order valence-corrected chi connectivity index (χ3v) is 7.69. The van der Waals surface area contributed by atoms with E-state index in [0.29, 0.717) is 30.8 Å². The zero-order valence-electron chi connectivity index (χ0n) is 19.8. The molecule has 0 aromatic heterocycles. The molecule has 0 spiro atoms. The lowest BCUT2D eigenvalue weighted by molar-refractivity contribution is -0.121. The number of hydrogen-bond acceptors (Lipinski definition) is 4. The zero-order valence-corrected chi connectivity index (χ0v) is 20.6. The predicted molar refractivity (Wildman–Crippen MR) is 137 cm³/mol. The lowest BCUT2D eigenvalue weighted by Gasteiger charge is -2.32. The Morgan fingerprint density at radius 2 is 1.60 bits per heavy atom. The summed E-state index contributed by atoms with van der Waals surface area (Å²) in [6.45, 7) is 4.77. The molecule has 0 saturated carbocycles. The second kappa shape index (κ2) is 10.3. The maximum Gasteiger partial charge on any atom is 0.261 e. The summed E-state index contributed by atoms with van der Waals surface area (Å²) in [4.78, 5) is 27.5. The van der Waals surface area contributed by atoms with E-state index in [1.54, 1.807) is 17.0 Å². The number of hydrogen-bond donors (Lipinski definition) is 2. The summed E-state index contributed by atoms with van der Waals surface area (Å²) in [7, 11) is -3.79. The number of carbonyl (C=O) groups excluding carboxylic acids is 2. The molecule has 3 aromatic rings. The average molecular weight is 492 g/mol. The monoisotopic (exact) mass is 491 g/mol. The number of benzene rings is 3. The van der Waals surface area contributed by atoms with Gasteiger partial charge < -0.3 is 10.2 Å². The number of para-hydroxylation sites is 1. The van der Waals surface area contributed by atoms with Gasteiger partial charge in [0.15, 0.2) is 0 Å². The Morgan fingerprint density at radius 1 is 0.886 bits per heavy atom. The first-order valence-corrected chi connectivity index (χ1v) is 13.1. The highest BCUT2D eigenvalue weighted by molar-refractivity contribution is 7.92. The van der Waals surface area contributed by atoms with E-state index in [4.69, 9.17) is 0 Å². The second-order valence-corrected chi connectivity index (χ2v) is 10.6. The van der Waals surface area contributed by atoms with Crippen molar-refractivity contribution in [3.8, 4) is 0 Å². The minimum Gasteiger partial charge on any atom is -0.338 e. The molecule has 1 aliphatic rings. The van der Waals surface area contributed by atoms with Crippen molar-refractivity contribution in [2.45, 2.75) is 31.6 Å². The quantitative estimate of drug-likeness (QED) is 0.527. The second-order valence-electron chi connectivity index (χ2n) is 8.87. The normalized spacial score (nSPS) is 15.9. The van der Waals surface area contributed by atoms with Crippen LogP contribution in [0.1, 0.15) is 34.3 Å². The van der Waals surface area contributed by atoms with E-state index >= 15 is 0 Å². The van der Waals surface area contributed by atoms with Crippen LogP contribution in [-0.2, 0) is 14.8 Å². The Labute approximate surface area is 206 Å². The molecule has 1 heterocycles. The number of piperidine rings is 1. The number of nitrogens with zero attached hydrogens (tertiary/aromatic N) is 1. The van der Waals surface area contributed by atoms with Gasteiger partial charge in [0.2, 0.25) is 5.91 Å². The molecule has 35 heavy (non-hydrogen) atoms. The maximum absolute atomic E-state index is 13.1. The number of sulfonamides is 1. The molecule has 8 heteroatoms. The smallest absolute Gasteiger partial charge is 0.261 e. The van der Waals surface area contributed by atoms with Gasteiger partial charge in [-0.3, -0.25) is 14.3 Å². The molecule has 1 fully saturated rings. The summed E-state index contributed by atoms with van der Waals surface area (Å²) in [6, 6.07) is 20.5. The lowest BCUT2D eigenvalue weighted by atomic mass is 9.96. The lowest BCUT2D eigenvalue weighted by Crippen LogP contribution is -2.43. The van der Waals surface area contributed by atoms with Crippen LogP contribution in [-0.4, -0.2) is 38.2 Å². The molecule has 7 nitrogen and oxygen atoms in total. The van der Waals surface area contributed by atoms with E-state index in [-0.39, 0.29) is 22.6 Å². The zero-order chi connectivity index (χ0) is 25.0. The van der Waals surface area contributed by atoms with Crippen LogP contribution in [0.5, 0.6) is 0 Å². The molecule has 2 N–H and O–H groups in total. The molecular weight excluding hydrogens is 462 g/mol. The van der Waals surface area contributed by atoms with Crippen LogP contribution < -0.4 is 10.0 Å². The van der Waals surface area contributed by atoms with Crippen LogP contribution in [0, 0.1) is 19.8 Å². The first kappa shape index (κ1) is 24.5. The molecule has 0 radical (unpaired) electrons. The highest BCUT2D eigenvalue weighted by Gasteiger charge is 2.29. The number of nitrogens with one attached hydrogen (secondary N) is 2. The van der Waals surface area contributed by atoms with Crippen LogP contribution in [0.2, 0.25) is 0 Å². The maximum atomic E-state index is 13.1. The molecule has 4 rings (SSSR count). The van der Waals surface area contributed by atoms with Gasteiger partial charge in [0.1, 0.15) is 0 Å². The molecule has 3 aromatic carbocycles. The molecule has 1 aliphatic heterocycles. The highest BCUT2D eigenvalue weighted by atomic mass is 32.2. The fourth-order valence-corrected chi connectivity index (χ4v) is 5.17. The molecule has 1 atom stereocenters. The van der Waals surface area contributed by atoms with Gasteiger partial charge >= 0.3 is 0 Å². The van der Waals surface area contributed by atoms with Crippen LogP contribution in [0.25, 0.3) is 0 Å². The summed E-state index contributed by atoms with van der Waals surface area (Å²) in [5.74, 6) is -0.615. The fraction of sp³-hybridized carbons (Fsp3) is 0.259. The summed E-state index contributed by atoms with van der Waals surface area (Å²) in [5, 5.41) is 2.91. The van der Waals surface area contributed by atoms with Gasteiger partial charge in [0.25, 0.3) is 15.9 Å². The van der Waals surface area contributed by atoms with E-state index in [1.807, 2.05) is 50.2 Å². The van der Waals surface area contributed by atoms with Gasteiger partial charge in [-0.15, -0.1) is 0 Å². The molecule has 0 bridgehead atoms. The Bertz CT molecular complexity index is 1320. The van der Waals surface area contributed by atoms with Crippen molar-refractivity contribution in [3.05, 3.63) is 89.5 Å². The minimum atomic E-state index is -3.79. The van der Waals surface area contributed by atoms with Gasteiger partial charge in [-0.2, -0.15) is 0 Å². The summed E-state index contributed by atoms with van der Waals surface area (Å²) < 4.78 is 28.2. The topological polar surface area (TPSA) is 95.6 Å². The number of likely N-dealkylation sites (tertiary alicyclic amines) is 1. The Hall–Kier alpha value is -3.65. The van der Waals surface area contributed by atoms with Gasteiger partial charge in [-0.05, 0) is 86.3 Å². The number of amides is 2. The predicted octanol–water partition coefficient (Wildman–Crippen LogP) is 4.60. The largest absolute Gasteiger partial charge is 0.338 e. The standard InChI is InChI=1S/C27H29N3O4S/c1-19-10-13-24(17-20(19)2)29-35(33,34)25-14-11-21(12-15-25)27(32)30-16-6-7-22(18-30)26(31)28-23-8-4-3-5-9-23/h3-5,8-15,17,22,29H,6-7,16,18H2,1-2H3,(H,28,31)/t22-/m0/s1. The summed E-state index contributed by atoms with van der Waals surface area (Å²) in [5.41, 5.74) is 3.67. The van der Waals surface area contributed by atoms with E-state index in [9.17, 15) is 18.0 Å². The minimum absolute atomic E-state index is 0.0750. The molecular formula is C27H29N3O4S. The number of anilines is 2. The third kappa shape index (κ3) is 5.89. The van der Waals surface area contributed by atoms with Crippen molar-refractivity contribution >= 4 is 33.2 Å². The first-order chi connectivity index (χ1) is 16.7. The van der Waals surface area contributed by atoms with E-state index in [1.165, 1.54) is 24.3 Å². The van der Waals surface area contributed by atoms with Crippen molar-refractivity contribution in [3.63, 3.8) is 0 Å². The van der Waals surface area contributed by atoms with Gasteiger partial charge in [-0.1, -0.05) is 24.3 Å². The van der Waals surface area contributed by atoms with Crippen molar-refractivity contribution in [2.24, 2.45) is 5.92 Å². The van der Waals surface area contributed by atoms with Gasteiger partial charge in [-0.25, -0.2) is 8.42 Å². The molecule has 182 valence electrons. The number of aryl methyl sites for hydroxylation is 2.